The summed E-state index contributed by atoms with van der Waals surface area (Å²) in [5, 5.41) is 2.90. The van der Waals surface area contributed by atoms with Gasteiger partial charge in [-0.15, -0.1) is 11.6 Å². The summed E-state index contributed by atoms with van der Waals surface area (Å²) in [4.78, 5) is 13.5. The highest BCUT2D eigenvalue weighted by Gasteiger charge is 2.01. The number of hydrogen-bond acceptors (Lipinski definition) is 3. The van der Waals surface area contributed by atoms with Crippen molar-refractivity contribution in [3.8, 4) is 5.75 Å². The first kappa shape index (κ1) is 17.8. The average molecular weight is 313 g/mol. The maximum atomic E-state index is 11.5. The third-order valence-corrected chi connectivity index (χ3v) is 3.25. The van der Waals surface area contributed by atoms with Crippen molar-refractivity contribution >= 4 is 17.5 Å². The Hall–Kier alpha value is -1.26. The molecule has 1 aromatic carbocycles. The Morgan fingerprint density at radius 2 is 2.19 bits per heavy atom. The normalized spacial score (nSPS) is 10.7. The molecule has 0 aliphatic heterocycles. The summed E-state index contributed by atoms with van der Waals surface area (Å²) in [5.74, 6) is 1.47. The number of rotatable bonds is 10. The Kier molecular flexibility index (Phi) is 8.87. The second kappa shape index (κ2) is 10.5. The number of amides is 1. The van der Waals surface area contributed by atoms with Gasteiger partial charge in [0.1, 0.15) is 12.4 Å². The Bertz CT molecular complexity index is 424. The molecule has 1 rings (SSSR count). The van der Waals surface area contributed by atoms with Crippen molar-refractivity contribution in [3.63, 3.8) is 0 Å². The van der Waals surface area contributed by atoms with E-state index >= 15 is 0 Å². The first-order valence-electron chi connectivity index (χ1n) is 7.31. The highest BCUT2D eigenvalue weighted by Crippen LogP contribution is 2.13. The standard InChI is InChI=1S/C16H25ClN2O2/c1-19(2)11-12-21-15-6-3-5-14(13-15)8-10-18-16(20)7-4-9-17/h3,5-6,13H,4,7-12H2,1-2H3,(H,18,20). The van der Waals surface area contributed by atoms with Gasteiger partial charge in [0.15, 0.2) is 0 Å². The molecule has 21 heavy (non-hydrogen) atoms. The van der Waals surface area contributed by atoms with Crippen LogP contribution in [0.3, 0.4) is 0 Å². The zero-order chi connectivity index (χ0) is 15.5. The zero-order valence-corrected chi connectivity index (χ0v) is 13.7. The molecule has 1 amide bonds. The molecule has 0 aliphatic carbocycles. The number of alkyl halides is 1. The van der Waals surface area contributed by atoms with E-state index in [4.69, 9.17) is 16.3 Å². The van der Waals surface area contributed by atoms with Gasteiger partial charge in [0, 0.05) is 25.4 Å². The van der Waals surface area contributed by atoms with Gasteiger partial charge in [0.05, 0.1) is 0 Å². The number of nitrogens with zero attached hydrogens (tertiary/aromatic N) is 1. The van der Waals surface area contributed by atoms with Crippen molar-refractivity contribution in [2.24, 2.45) is 0 Å². The van der Waals surface area contributed by atoms with Crippen molar-refractivity contribution in [3.05, 3.63) is 29.8 Å². The Balaban J connectivity index is 2.30. The average Bonchev–Trinajstić information content (AvgIpc) is 2.45. The summed E-state index contributed by atoms with van der Waals surface area (Å²) < 4.78 is 5.69. The maximum Gasteiger partial charge on any atom is 0.220 e. The van der Waals surface area contributed by atoms with Crippen LogP contribution >= 0.6 is 11.6 Å². The fraction of sp³-hybridized carbons (Fsp3) is 0.562. The van der Waals surface area contributed by atoms with Crippen LogP contribution in [0, 0.1) is 0 Å². The summed E-state index contributed by atoms with van der Waals surface area (Å²) in [7, 11) is 4.04. The molecule has 0 spiro atoms. The predicted octanol–water partition coefficient (Wildman–Crippen LogP) is 2.30. The van der Waals surface area contributed by atoms with Gasteiger partial charge in [-0.2, -0.15) is 0 Å². The SMILES string of the molecule is CN(C)CCOc1cccc(CCNC(=O)CCCCl)c1. The summed E-state index contributed by atoms with van der Waals surface area (Å²) in [6.07, 6.45) is 2.03. The molecule has 1 N–H and O–H groups in total. The van der Waals surface area contributed by atoms with Crippen LogP contribution in [0.1, 0.15) is 18.4 Å². The van der Waals surface area contributed by atoms with Crippen LogP contribution in [-0.4, -0.2) is 50.5 Å². The topological polar surface area (TPSA) is 41.6 Å². The van der Waals surface area contributed by atoms with Crippen LogP contribution in [0.5, 0.6) is 5.75 Å². The van der Waals surface area contributed by atoms with E-state index in [1.165, 1.54) is 0 Å². The Labute approximate surface area is 132 Å². The molecular weight excluding hydrogens is 288 g/mol. The number of benzene rings is 1. The summed E-state index contributed by atoms with van der Waals surface area (Å²) in [6, 6.07) is 8.01. The first-order chi connectivity index (χ1) is 10.1. The second-order valence-corrected chi connectivity index (χ2v) is 5.57. The number of likely N-dealkylation sites (N-methyl/N-ethyl adjacent to an activating group) is 1. The minimum Gasteiger partial charge on any atom is -0.492 e. The highest BCUT2D eigenvalue weighted by atomic mass is 35.5. The molecule has 4 nitrogen and oxygen atoms in total. The van der Waals surface area contributed by atoms with Gasteiger partial charge in [-0.1, -0.05) is 12.1 Å². The molecule has 0 saturated carbocycles. The molecule has 5 heteroatoms. The molecular formula is C16H25ClN2O2. The van der Waals surface area contributed by atoms with Crippen molar-refractivity contribution in [2.75, 3.05) is 39.7 Å². The predicted molar refractivity (Wildman–Crippen MR) is 87.2 cm³/mol. The van der Waals surface area contributed by atoms with Gasteiger partial charge in [-0.05, 0) is 44.6 Å². The van der Waals surface area contributed by atoms with Crippen LogP contribution in [0.15, 0.2) is 24.3 Å². The molecule has 0 aromatic heterocycles. The van der Waals surface area contributed by atoms with Crippen molar-refractivity contribution in [1.29, 1.82) is 0 Å². The lowest BCUT2D eigenvalue weighted by Crippen LogP contribution is -2.25. The monoisotopic (exact) mass is 312 g/mol. The Morgan fingerprint density at radius 1 is 1.38 bits per heavy atom. The van der Waals surface area contributed by atoms with E-state index in [1.54, 1.807) is 0 Å². The van der Waals surface area contributed by atoms with Gasteiger partial charge < -0.3 is 15.0 Å². The largest absolute Gasteiger partial charge is 0.492 e. The van der Waals surface area contributed by atoms with Crippen LogP contribution < -0.4 is 10.1 Å². The van der Waals surface area contributed by atoms with Crippen LogP contribution in [0.25, 0.3) is 0 Å². The second-order valence-electron chi connectivity index (χ2n) is 5.19. The van der Waals surface area contributed by atoms with Crippen LogP contribution in [0.4, 0.5) is 0 Å². The molecule has 0 aliphatic rings. The van der Waals surface area contributed by atoms with Gasteiger partial charge in [-0.3, -0.25) is 4.79 Å². The van der Waals surface area contributed by atoms with E-state index in [9.17, 15) is 4.79 Å². The molecule has 0 unspecified atom stereocenters. The minimum absolute atomic E-state index is 0.0639. The Morgan fingerprint density at radius 3 is 2.90 bits per heavy atom. The van der Waals surface area contributed by atoms with Crippen LogP contribution in [0.2, 0.25) is 0 Å². The molecule has 0 bridgehead atoms. The molecule has 0 fully saturated rings. The van der Waals surface area contributed by atoms with E-state index < -0.39 is 0 Å². The lowest BCUT2D eigenvalue weighted by atomic mass is 10.1. The van der Waals surface area contributed by atoms with E-state index in [-0.39, 0.29) is 5.91 Å². The third kappa shape index (κ3) is 8.58. The number of nitrogens with one attached hydrogen (secondary N) is 1. The number of hydrogen-bond donors (Lipinski definition) is 1. The minimum atomic E-state index is 0.0639. The van der Waals surface area contributed by atoms with E-state index in [0.717, 1.165) is 30.7 Å². The quantitative estimate of drug-likeness (QED) is 0.674. The van der Waals surface area contributed by atoms with Crippen molar-refractivity contribution < 1.29 is 9.53 Å². The molecule has 0 radical (unpaired) electrons. The van der Waals surface area contributed by atoms with Crippen molar-refractivity contribution in [2.45, 2.75) is 19.3 Å². The molecule has 1 aromatic rings. The highest BCUT2D eigenvalue weighted by molar-refractivity contribution is 6.17. The third-order valence-electron chi connectivity index (χ3n) is 2.98. The summed E-state index contributed by atoms with van der Waals surface area (Å²) in [5.41, 5.74) is 1.16. The summed E-state index contributed by atoms with van der Waals surface area (Å²) in [6.45, 7) is 2.20. The molecule has 0 heterocycles. The fourth-order valence-corrected chi connectivity index (χ4v) is 1.93. The van der Waals surface area contributed by atoms with Crippen molar-refractivity contribution in [1.82, 2.24) is 10.2 Å². The molecule has 0 saturated heterocycles. The van der Waals surface area contributed by atoms with E-state index in [0.29, 0.717) is 25.5 Å². The summed E-state index contributed by atoms with van der Waals surface area (Å²) >= 11 is 5.56. The van der Waals surface area contributed by atoms with Crippen LogP contribution in [-0.2, 0) is 11.2 Å². The number of carbonyl (C=O) groups is 1. The van der Waals surface area contributed by atoms with Gasteiger partial charge in [-0.25, -0.2) is 0 Å². The number of ether oxygens (including phenoxy) is 1. The fourth-order valence-electron chi connectivity index (χ4n) is 1.80. The lowest BCUT2D eigenvalue weighted by Gasteiger charge is -2.12. The molecule has 0 atom stereocenters. The smallest absolute Gasteiger partial charge is 0.220 e. The van der Waals surface area contributed by atoms with E-state index in [2.05, 4.69) is 10.2 Å². The first-order valence-corrected chi connectivity index (χ1v) is 7.84. The maximum absolute atomic E-state index is 11.5. The number of halogens is 1. The van der Waals surface area contributed by atoms with E-state index in [1.807, 2.05) is 38.4 Å². The van der Waals surface area contributed by atoms with Gasteiger partial charge >= 0.3 is 0 Å². The number of carbonyl (C=O) groups excluding carboxylic acids is 1. The molecule has 118 valence electrons. The van der Waals surface area contributed by atoms with Gasteiger partial charge in [0.2, 0.25) is 5.91 Å². The zero-order valence-electron chi connectivity index (χ0n) is 12.9. The lowest BCUT2D eigenvalue weighted by molar-refractivity contribution is -0.121. The van der Waals surface area contributed by atoms with Gasteiger partial charge in [0.25, 0.3) is 0 Å².